The van der Waals surface area contributed by atoms with Crippen LogP contribution in [0.2, 0.25) is 0 Å². The molecule has 7 nitrogen and oxygen atoms in total. The zero-order valence-electron chi connectivity index (χ0n) is 18.3. The highest BCUT2D eigenvalue weighted by atomic mass is 32.2. The largest absolute Gasteiger partial charge is 0.379 e. The van der Waals surface area contributed by atoms with Crippen LogP contribution in [0, 0.1) is 5.92 Å². The standard InChI is InChI=1S/C24H31N3O4S/c28-24(22-9-6-12-27(19-22)32(29,30)23-10-2-1-3-11-23)25-17-20-7-4-5-8-21(20)18-26-13-15-31-16-14-26/h1-5,7-8,10-11,22H,6,9,12-19H2,(H,25,28)/t22-/m1/s1. The average molecular weight is 458 g/mol. The van der Waals surface area contributed by atoms with Crippen LogP contribution in [0.4, 0.5) is 0 Å². The topological polar surface area (TPSA) is 79.0 Å². The lowest BCUT2D eigenvalue weighted by Crippen LogP contribution is -2.45. The Bertz CT molecular complexity index is 1010. The molecular formula is C24H31N3O4S. The van der Waals surface area contributed by atoms with Crippen LogP contribution in [0.25, 0.3) is 0 Å². The van der Waals surface area contributed by atoms with Gasteiger partial charge in [-0.25, -0.2) is 8.42 Å². The molecule has 2 aromatic rings. The monoisotopic (exact) mass is 457 g/mol. The van der Waals surface area contributed by atoms with Crippen LogP contribution in [0.15, 0.2) is 59.5 Å². The van der Waals surface area contributed by atoms with Crippen LogP contribution >= 0.6 is 0 Å². The van der Waals surface area contributed by atoms with Gasteiger partial charge < -0.3 is 10.1 Å². The number of carbonyl (C=O) groups is 1. The molecule has 1 atom stereocenters. The highest BCUT2D eigenvalue weighted by Crippen LogP contribution is 2.24. The number of rotatable bonds is 7. The molecule has 1 N–H and O–H groups in total. The minimum Gasteiger partial charge on any atom is -0.379 e. The summed E-state index contributed by atoms with van der Waals surface area (Å²) in [5.41, 5.74) is 2.29. The summed E-state index contributed by atoms with van der Waals surface area (Å²) in [5.74, 6) is -0.423. The molecule has 32 heavy (non-hydrogen) atoms. The zero-order valence-corrected chi connectivity index (χ0v) is 19.1. The van der Waals surface area contributed by atoms with E-state index in [1.165, 1.54) is 9.87 Å². The van der Waals surface area contributed by atoms with E-state index in [4.69, 9.17) is 4.74 Å². The van der Waals surface area contributed by atoms with E-state index in [9.17, 15) is 13.2 Å². The van der Waals surface area contributed by atoms with Crippen LogP contribution in [0.1, 0.15) is 24.0 Å². The molecule has 1 amide bonds. The smallest absolute Gasteiger partial charge is 0.243 e. The van der Waals surface area contributed by atoms with Gasteiger partial charge in [0.2, 0.25) is 15.9 Å². The first-order valence-corrected chi connectivity index (χ1v) is 12.7. The lowest BCUT2D eigenvalue weighted by Gasteiger charge is -2.31. The number of sulfonamides is 1. The highest BCUT2D eigenvalue weighted by molar-refractivity contribution is 7.89. The summed E-state index contributed by atoms with van der Waals surface area (Å²) in [6.45, 7) is 5.28. The highest BCUT2D eigenvalue weighted by Gasteiger charge is 2.33. The molecule has 2 heterocycles. The van der Waals surface area contributed by atoms with Gasteiger partial charge in [0, 0.05) is 39.3 Å². The molecule has 0 spiro atoms. The van der Waals surface area contributed by atoms with Crippen LogP contribution < -0.4 is 5.32 Å². The van der Waals surface area contributed by atoms with Crippen LogP contribution in [0.3, 0.4) is 0 Å². The fraction of sp³-hybridized carbons (Fsp3) is 0.458. The first kappa shape index (κ1) is 22.9. The van der Waals surface area contributed by atoms with Crippen molar-refractivity contribution >= 4 is 15.9 Å². The Balaban J connectivity index is 1.36. The SMILES string of the molecule is O=C(NCc1ccccc1CN1CCOCC1)[C@@H]1CCCN(S(=O)(=O)c2ccccc2)C1. The van der Waals surface area contributed by atoms with E-state index in [2.05, 4.69) is 16.3 Å². The maximum Gasteiger partial charge on any atom is 0.243 e. The third-order valence-corrected chi connectivity index (χ3v) is 8.08. The van der Waals surface area contributed by atoms with Crippen molar-refractivity contribution in [3.63, 3.8) is 0 Å². The van der Waals surface area contributed by atoms with E-state index in [0.29, 0.717) is 25.9 Å². The molecule has 2 aliphatic rings. The van der Waals surface area contributed by atoms with Gasteiger partial charge in [0.1, 0.15) is 0 Å². The Kier molecular flexibility index (Phi) is 7.57. The van der Waals surface area contributed by atoms with Crippen LogP contribution in [-0.4, -0.2) is 62.9 Å². The summed E-state index contributed by atoms with van der Waals surface area (Å²) < 4.78 is 32.8. The molecule has 8 heteroatoms. The molecule has 0 aliphatic carbocycles. The molecule has 2 saturated heterocycles. The maximum atomic E-state index is 12.9. The fourth-order valence-electron chi connectivity index (χ4n) is 4.33. The van der Waals surface area contributed by atoms with E-state index in [1.54, 1.807) is 30.3 Å². The van der Waals surface area contributed by atoms with E-state index < -0.39 is 10.0 Å². The van der Waals surface area contributed by atoms with Crippen molar-refractivity contribution in [1.29, 1.82) is 0 Å². The molecule has 172 valence electrons. The Morgan fingerprint density at radius 2 is 1.66 bits per heavy atom. The number of carbonyl (C=O) groups excluding carboxylic acids is 1. The van der Waals surface area contributed by atoms with E-state index in [0.717, 1.165) is 38.4 Å². The summed E-state index contributed by atoms with van der Waals surface area (Å²) in [6, 6.07) is 16.6. The van der Waals surface area contributed by atoms with Crippen molar-refractivity contribution in [3.05, 3.63) is 65.7 Å². The van der Waals surface area contributed by atoms with Crippen molar-refractivity contribution in [1.82, 2.24) is 14.5 Å². The fourth-order valence-corrected chi connectivity index (χ4v) is 5.87. The first-order chi connectivity index (χ1) is 15.5. The Hall–Kier alpha value is -2.26. The number of hydrogen-bond acceptors (Lipinski definition) is 5. The van der Waals surface area contributed by atoms with Gasteiger partial charge in [-0.3, -0.25) is 9.69 Å². The molecule has 0 saturated carbocycles. The summed E-state index contributed by atoms with van der Waals surface area (Å²) in [5, 5.41) is 3.05. The van der Waals surface area contributed by atoms with Crippen LogP contribution in [0.5, 0.6) is 0 Å². The molecule has 0 unspecified atom stereocenters. The Morgan fingerprint density at radius 3 is 2.41 bits per heavy atom. The van der Waals surface area contributed by atoms with Gasteiger partial charge in [-0.1, -0.05) is 42.5 Å². The minimum atomic E-state index is -3.58. The second-order valence-electron chi connectivity index (χ2n) is 8.39. The maximum absolute atomic E-state index is 12.9. The normalized spacial score (nSPS) is 20.7. The summed E-state index contributed by atoms with van der Waals surface area (Å²) in [4.78, 5) is 15.6. The first-order valence-electron chi connectivity index (χ1n) is 11.2. The number of amides is 1. The molecule has 4 rings (SSSR count). The Morgan fingerprint density at radius 1 is 0.969 bits per heavy atom. The summed E-state index contributed by atoms with van der Waals surface area (Å²) in [6.07, 6.45) is 1.37. The summed E-state index contributed by atoms with van der Waals surface area (Å²) in [7, 11) is -3.58. The van der Waals surface area contributed by atoms with Gasteiger partial charge in [0.25, 0.3) is 0 Å². The number of benzene rings is 2. The number of hydrogen-bond donors (Lipinski definition) is 1. The number of piperidine rings is 1. The number of morpholine rings is 1. The van der Waals surface area contributed by atoms with Gasteiger partial charge in [0.15, 0.2) is 0 Å². The van der Waals surface area contributed by atoms with Gasteiger partial charge in [-0.05, 0) is 36.1 Å². The minimum absolute atomic E-state index is 0.0841. The van der Waals surface area contributed by atoms with Gasteiger partial charge in [-0.15, -0.1) is 0 Å². The van der Waals surface area contributed by atoms with E-state index >= 15 is 0 Å². The summed E-state index contributed by atoms with van der Waals surface area (Å²) >= 11 is 0. The predicted molar refractivity (Wildman–Crippen MR) is 122 cm³/mol. The van der Waals surface area contributed by atoms with Crippen molar-refractivity contribution in [2.45, 2.75) is 30.8 Å². The van der Waals surface area contributed by atoms with Crippen LogP contribution in [-0.2, 0) is 32.6 Å². The molecule has 0 bridgehead atoms. The van der Waals surface area contributed by atoms with Crippen molar-refractivity contribution in [2.75, 3.05) is 39.4 Å². The van der Waals surface area contributed by atoms with E-state index in [-0.39, 0.29) is 23.3 Å². The third kappa shape index (κ3) is 5.56. The number of nitrogens with one attached hydrogen (secondary N) is 1. The zero-order chi connectivity index (χ0) is 22.4. The molecule has 0 aromatic heterocycles. The predicted octanol–water partition coefficient (Wildman–Crippen LogP) is 2.24. The van der Waals surface area contributed by atoms with Gasteiger partial charge in [0.05, 0.1) is 24.0 Å². The quantitative estimate of drug-likeness (QED) is 0.690. The number of ether oxygens (including phenoxy) is 1. The van der Waals surface area contributed by atoms with Gasteiger partial charge in [-0.2, -0.15) is 4.31 Å². The Labute approximate surface area is 190 Å². The molecule has 2 aliphatic heterocycles. The third-order valence-electron chi connectivity index (χ3n) is 6.21. The molecular weight excluding hydrogens is 426 g/mol. The van der Waals surface area contributed by atoms with E-state index in [1.807, 2.05) is 18.2 Å². The molecule has 0 radical (unpaired) electrons. The lowest BCUT2D eigenvalue weighted by atomic mass is 9.98. The lowest BCUT2D eigenvalue weighted by molar-refractivity contribution is -0.126. The second-order valence-corrected chi connectivity index (χ2v) is 10.3. The number of nitrogens with zero attached hydrogens (tertiary/aromatic N) is 2. The van der Waals surface area contributed by atoms with Crippen molar-refractivity contribution in [3.8, 4) is 0 Å². The van der Waals surface area contributed by atoms with Gasteiger partial charge >= 0.3 is 0 Å². The average Bonchev–Trinajstić information content (AvgIpc) is 2.84. The molecule has 2 fully saturated rings. The second kappa shape index (κ2) is 10.6. The molecule has 2 aromatic carbocycles. The van der Waals surface area contributed by atoms with Crippen molar-refractivity contribution in [2.24, 2.45) is 5.92 Å². The van der Waals surface area contributed by atoms with Crippen molar-refractivity contribution < 1.29 is 17.9 Å².